The summed E-state index contributed by atoms with van der Waals surface area (Å²) in [7, 11) is 0. The van der Waals surface area contributed by atoms with Crippen molar-refractivity contribution in [3.8, 4) is 11.5 Å². The van der Waals surface area contributed by atoms with Crippen molar-refractivity contribution < 1.29 is 28.6 Å². The minimum atomic E-state index is -1.32. The number of aromatic carboxylic acids is 1. The molecule has 1 N–H and O–H groups in total. The molecule has 186 valence electrons. The molecule has 1 aliphatic carbocycles. The van der Waals surface area contributed by atoms with E-state index < -0.39 is 23.3 Å². The Bertz CT molecular complexity index is 1440. The third kappa shape index (κ3) is 3.82. The second-order valence-corrected chi connectivity index (χ2v) is 9.31. The van der Waals surface area contributed by atoms with Crippen LogP contribution in [0.25, 0.3) is 10.9 Å². The first-order valence-corrected chi connectivity index (χ1v) is 11.9. The molecule has 2 aliphatic heterocycles. The van der Waals surface area contributed by atoms with Gasteiger partial charge in [-0.3, -0.25) is 9.59 Å². The van der Waals surface area contributed by atoms with Crippen LogP contribution in [0.5, 0.6) is 11.5 Å². The first-order valence-electron chi connectivity index (χ1n) is 11.9. The van der Waals surface area contributed by atoms with Crippen LogP contribution in [0.2, 0.25) is 0 Å². The Morgan fingerprint density at radius 2 is 1.75 bits per heavy atom. The summed E-state index contributed by atoms with van der Waals surface area (Å²) in [6.45, 7) is 1.70. The van der Waals surface area contributed by atoms with E-state index in [0.717, 1.165) is 18.9 Å². The number of anilines is 1. The molecule has 1 saturated carbocycles. The number of aromatic nitrogens is 1. The van der Waals surface area contributed by atoms with Crippen LogP contribution in [-0.2, 0) is 4.79 Å². The number of piperazine rings is 1. The molecule has 3 aromatic rings. The normalized spacial score (nSPS) is 19.4. The van der Waals surface area contributed by atoms with Crippen molar-refractivity contribution in [2.75, 3.05) is 37.7 Å². The van der Waals surface area contributed by atoms with Gasteiger partial charge in [-0.15, -0.1) is 0 Å². The van der Waals surface area contributed by atoms with Gasteiger partial charge in [0.1, 0.15) is 18.0 Å². The summed E-state index contributed by atoms with van der Waals surface area (Å²) in [4.78, 5) is 40.8. The van der Waals surface area contributed by atoms with Gasteiger partial charge in [-0.25, -0.2) is 9.18 Å². The highest BCUT2D eigenvalue weighted by Gasteiger charge is 2.33. The summed E-state index contributed by atoms with van der Waals surface area (Å²) in [5, 5.41) is 9.49. The number of ether oxygens (including phenoxy) is 2. The van der Waals surface area contributed by atoms with Gasteiger partial charge in [0.05, 0.1) is 11.2 Å². The van der Waals surface area contributed by atoms with Crippen molar-refractivity contribution >= 4 is 28.5 Å². The molecule has 1 amide bonds. The maximum absolute atomic E-state index is 15.2. The monoisotopic (exact) mass is 493 g/mol. The van der Waals surface area contributed by atoms with E-state index in [1.54, 1.807) is 27.7 Å². The van der Waals surface area contributed by atoms with Crippen molar-refractivity contribution in [3.05, 3.63) is 64.2 Å². The maximum Gasteiger partial charge on any atom is 0.341 e. The van der Waals surface area contributed by atoms with E-state index in [0.29, 0.717) is 48.9 Å². The number of hydrogen-bond acceptors (Lipinski definition) is 6. The SMILES string of the molecule is O=C(O)c1cn(C2CC2)c2cc(N3CCN(C(=O)C4COc5ccccc5O4)CC3)c(F)cc2c1=O. The molecule has 1 saturated heterocycles. The number of pyridine rings is 1. The number of halogens is 1. The number of carboxylic acid groups (broad SMARTS) is 1. The molecule has 0 bridgehead atoms. The Kier molecular flexibility index (Phi) is 5.31. The van der Waals surface area contributed by atoms with Crippen LogP contribution < -0.4 is 19.8 Å². The number of para-hydroxylation sites is 2. The zero-order valence-corrected chi connectivity index (χ0v) is 19.4. The van der Waals surface area contributed by atoms with Gasteiger partial charge in [0.25, 0.3) is 5.91 Å². The Hall–Kier alpha value is -4.08. The number of fused-ring (bicyclic) bond motifs is 2. The average Bonchev–Trinajstić information content (AvgIpc) is 3.73. The molecule has 9 nitrogen and oxygen atoms in total. The summed E-state index contributed by atoms with van der Waals surface area (Å²) in [5.74, 6) is -0.945. The predicted octanol–water partition coefficient (Wildman–Crippen LogP) is 2.66. The number of carbonyl (C=O) groups is 2. The first-order chi connectivity index (χ1) is 17.4. The van der Waals surface area contributed by atoms with E-state index in [4.69, 9.17) is 9.47 Å². The topological polar surface area (TPSA) is 101 Å². The Morgan fingerprint density at radius 1 is 1.03 bits per heavy atom. The lowest BCUT2D eigenvalue weighted by atomic mass is 10.1. The Labute approximate surface area is 205 Å². The van der Waals surface area contributed by atoms with Crippen LogP contribution in [-0.4, -0.2) is 65.3 Å². The van der Waals surface area contributed by atoms with Gasteiger partial charge in [-0.1, -0.05) is 12.1 Å². The van der Waals surface area contributed by atoms with Crippen LogP contribution in [0.3, 0.4) is 0 Å². The van der Waals surface area contributed by atoms with E-state index >= 15 is 4.39 Å². The number of carbonyl (C=O) groups excluding carboxylic acids is 1. The van der Waals surface area contributed by atoms with Gasteiger partial charge in [0.2, 0.25) is 11.5 Å². The highest BCUT2D eigenvalue weighted by atomic mass is 19.1. The van der Waals surface area contributed by atoms with Crippen molar-refractivity contribution in [2.24, 2.45) is 0 Å². The van der Waals surface area contributed by atoms with E-state index in [9.17, 15) is 19.5 Å². The third-order valence-corrected chi connectivity index (χ3v) is 6.99. The fraction of sp³-hybridized carbons (Fsp3) is 0.346. The van der Waals surface area contributed by atoms with Gasteiger partial charge >= 0.3 is 5.97 Å². The van der Waals surface area contributed by atoms with Crippen molar-refractivity contribution in [3.63, 3.8) is 0 Å². The molecule has 2 aromatic carbocycles. The summed E-state index contributed by atoms with van der Waals surface area (Å²) >= 11 is 0. The average molecular weight is 493 g/mol. The number of hydrogen-bond donors (Lipinski definition) is 1. The van der Waals surface area contributed by atoms with Gasteiger partial charge in [0, 0.05) is 43.8 Å². The van der Waals surface area contributed by atoms with Crippen LogP contribution in [0.15, 0.2) is 47.4 Å². The molecular weight excluding hydrogens is 469 g/mol. The second kappa shape index (κ2) is 8.54. The van der Waals surface area contributed by atoms with E-state index in [-0.39, 0.29) is 29.5 Å². The summed E-state index contributed by atoms with van der Waals surface area (Å²) in [6.07, 6.45) is 2.39. The van der Waals surface area contributed by atoms with Crippen molar-refractivity contribution in [1.29, 1.82) is 0 Å². The quantitative estimate of drug-likeness (QED) is 0.596. The predicted molar refractivity (Wildman–Crippen MR) is 129 cm³/mol. The molecular formula is C26H24FN3O6. The minimum Gasteiger partial charge on any atom is -0.485 e. The maximum atomic E-state index is 15.2. The molecule has 6 rings (SSSR count). The number of nitrogens with zero attached hydrogens (tertiary/aromatic N) is 3. The molecule has 10 heteroatoms. The Morgan fingerprint density at radius 3 is 2.44 bits per heavy atom. The third-order valence-electron chi connectivity index (χ3n) is 6.99. The van der Waals surface area contributed by atoms with Gasteiger partial charge in [-0.05, 0) is 37.1 Å². The van der Waals surface area contributed by atoms with Crippen LogP contribution in [0, 0.1) is 5.82 Å². The van der Waals surface area contributed by atoms with Crippen LogP contribution in [0.1, 0.15) is 29.2 Å². The number of rotatable bonds is 4. The standard InChI is InChI=1S/C26H24FN3O6/c27-18-11-16-19(30(15-5-6-15)13-17(24(16)31)26(33)34)12-20(18)28-7-9-29(10-8-28)25(32)23-14-35-21-3-1-2-4-22(21)36-23/h1-4,11-13,15,23H,5-10,14H2,(H,33,34). The number of benzene rings is 2. The van der Waals surface area contributed by atoms with Crippen LogP contribution >= 0.6 is 0 Å². The largest absolute Gasteiger partial charge is 0.485 e. The minimum absolute atomic E-state index is 0.0617. The summed E-state index contributed by atoms with van der Waals surface area (Å²) in [6, 6.07) is 10.1. The molecule has 0 spiro atoms. The number of amides is 1. The van der Waals surface area contributed by atoms with Crippen molar-refractivity contribution in [1.82, 2.24) is 9.47 Å². The van der Waals surface area contributed by atoms with Crippen LogP contribution in [0.4, 0.5) is 10.1 Å². The lowest BCUT2D eigenvalue weighted by Crippen LogP contribution is -2.54. The second-order valence-electron chi connectivity index (χ2n) is 9.31. The van der Waals surface area contributed by atoms with E-state index in [1.807, 2.05) is 17.0 Å². The van der Waals surface area contributed by atoms with E-state index in [2.05, 4.69) is 0 Å². The first kappa shape index (κ1) is 22.4. The molecule has 0 radical (unpaired) electrons. The van der Waals surface area contributed by atoms with E-state index in [1.165, 1.54) is 6.20 Å². The zero-order valence-electron chi connectivity index (χ0n) is 19.4. The fourth-order valence-corrected chi connectivity index (χ4v) is 4.92. The molecule has 1 aromatic heterocycles. The highest BCUT2D eigenvalue weighted by molar-refractivity contribution is 5.93. The Balaban J connectivity index is 1.22. The molecule has 2 fully saturated rings. The van der Waals surface area contributed by atoms with Gasteiger partial charge < -0.3 is 28.9 Å². The fourth-order valence-electron chi connectivity index (χ4n) is 4.92. The number of carboxylic acids is 1. The molecule has 3 aliphatic rings. The van der Waals surface area contributed by atoms with Gasteiger partial charge in [-0.2, -0.15) is 0 Å². The molecule has 1 atom stereocenters. The summed E-state index contributed by atoms with van der Waals surface area (Å²) in [5.41, 5.74) is -0.191. The lowest BCUT2D eigenvalue weighted by Gasteiger charge is -2.38. The van der Waals surface area contributed by atoms with Gasteiger partial charge in [0.15, 0.2) is 11.5 Å². The molecule has 36 heavy (non-hydrogen) atoms. The molecule has 3 heterocycles. The molecule has 1 unspecified atom stereocenters. The highest BCUT2D eigenvalue weighted by Crippen LogP contribution is 2.38. The zero-order chi connectivity index (χ0) is 25.0. The lowest BCUT2D eigenvalue weighted by molar-refractivity contribution is -0.141. The van der Waals surface area contributed by atoms with Crippen molar-refractivity contribution in [2.45, 2.75) is 25.0 Å². The summed E-state index contributed by atoms with van der Waals surface area (Å²) < 4.78 is 28.5. The smallest absolute Gasteiger partial charge is 0.341 e.